The topological polar surface area (TPSA) is 67.4 Å². The zero-order valence-corrected chi connectivity index (χ0v) is 11.0. The Hall–Kier alpha value is -2.25. The first kappa shape index (κ1) is 15.8. The Kier molecular flexibility index (Phi) is 4.59. The molecule has 0 atom stereocenters. The predicted octanol–water partition coefficient (Wildman–Crippen LogP) is 2.52. The van der Waals surface area contributed by atoms with Gasteiger partial charge in [0.05, 0.1) is 0 Å². The van der Waals surface area contributed by atoms with E-state index >= 15 is 0 Å². The average molecular weight is 290 g/mol. The van der Waals surface area contributed by atoms with E-state index in [1.54, 1.807) is 5.32 Å². The summed E-state index contributed by atoms with van der Waals surface area (Å²) in [4.78, 5) is 22.0. The van der Waals surface area contributed by atoms with Crippen LogP contribution in [0.25, 0.3) is 0 Å². The fourth-order valence-corrected chi connectivity index (χ4v) is 1.52. The van der Waals surface area contributed by atoms with E-state index in [9.17, 15) is 22.8 Å². The molecule has 1 rings (SSSR count). The molecule has 0 aliphatic heterocycles. The van der Waals surface area contributed by atoms with Crippen molar-refractivity contribution in [1.82, 2.24) is 5.32 Å². The fourth-order valence-electron chi connectivity index (χ4n) is 1.52. The standard InChI is InChI=1S/C12H13F3N2O3/c1-6-4-8(20-11(19)16-3)5-7(2)9(6)17-10(18)12(13,14)15/h4-5H,1-3H3,(H,16,19)(H,17,18). The van der Waals surface area contributed by atoms with Crippen molar-refractivity contribution >= 4 is 17.7 Å². The van der Waals surface area contributed by atoms with Gasteiger partial charge in [0.2, 0.25) is 0 Å². The first-order valence-corrected chi connectivity index (χ1v) is 5.54. The Morgan fingerprint density at radius 1 is 1.15 bits per heavy atom. The number of anilines is 1. The number of aryl methyl sites for hydroxylation is 2. The zero-order valence-electron chi connectivity index (χ0n) is 11.0. The molecule has 0 spiro atoms. The third-order valence-electron chi connectivity index (χ3n) is 2.42. The summed E-state index contributed by atoms with van der Waals surface area (Å²) in [5.41, 5.74) is 0.736. The van der Waals surface area contributed by atoms with Gasteiger partial charge in [0.15, 0.2) is 0 Å². The van der Waals surface area contributed by atoms with Crippen LogP contribution in [0.1, 0.15) is 11.1 Å². The largest absolute Gasteiger partial charge is 0.471 e. The number of carbonyl (C=O) groups excluding carboxylic acids is 2. The average Bonchev–Trinajstić information content (AvgIpc) is 2.32. The van der Waals surface area contributed by atoms with Gasteiger partial charge in [-0.25, -0.2) is 4.79 Å². The molecule has 0 heterocycles. The van der Waals surface area contributed by atoms with E-state index in [1.165, 1.54) is 33.0 Å². The minimum Gasteiger partial charge on any atom is -0.410 e. The molecule has 1 aromatic carbocycles. The number of alkyl halides is 3. The number of nitrogens with one attached hydrogen (secondary N) is 2. The lowest BCUT2D eigenvalue weighted by atomic mass is 10.1. The van der Waals surface area contributed by atoms with E-state index in [4.69, 9.17) is 4.74 Å². The quantitative estimate of drug-likeness (QED) is 0.879. The van der Waals surface area contributed by atoms with Crippen LogP contribution in [0.4, 0.5) is 23.7 Å². The molecule has 110 valence electrons. The van der Waals surface area contributed by atoms with Crippen molar-refractivity contribution in [3.05, 3.63) is 23.3 Å². The zero-order chi connectivity index (χ0) is 15.5. The molecule has 1 aromatic rings. The van der Waals surface area contributed by atoms with Crippen LogP contribution in [0.2, 0.25) is 0 Å². The van der Waals surface area contributed by atoms with Crippen molar-refractivity contribution in [2.45, 2.75) is 20.0 Å². The van der Waals surface area contributed by atoms with E-state index in [0.717, 1.165) is 0 Å². The molecule has 8 heteroatoms. The van der Waals surface area contributed by atoms with E-state index in [2.05, 4.69) is 5.32 Å². The highest BCUT2D eigenvalue weighted by molar-refractivity contribution is 5.96. The number of benzene rings is 1. The summed E-state index contributed by atoms with van der Waals surface area (Å²) in [6.07, 6.45) is -5.66. The van der Waals surface area contributed by atoms with Crippen molar-refractivity contribution in [1.29, 1.82) is 0 Å². The molecule has 0 radical (unpaired) electrons. The van der Waals surface area contributed by atoms with E-state index < -0.39 is 18.2 Å². The van der Waals surface area contributed by atoms with Gasteiger partial charge in [0.25, 0.3) is 0 Å². The predicted molar refractivity (Wildman–Crippen MR) is 65.7 cm³/mol. The van der Waals surface area contributed by atoms with Gasteiger partial charge in [-0.3, -0.25) is 4.79 Å². The van der Waals surface area contributed by atoms with Crippen molar-refractivity contribution in [2.24, 2.45) is 0 Å². The molecule has 0 saturated carbocycles. The summed E-state index contributed by atoms with van der Waals surface area (Å²) in [6.45, 7) is 2.99. The summed E-state index contributed by atoms with van der Waals surface area (Å²) in [7, 11) is 1.37. The number of ether oxygens (including phenoxy) is 1. The molecular formula is C12H13F3N2O3. The SMILES string of the molecule is CNC(=O)Oc1cc(C)c(NC(=O)C(F)(F)F)c(C)c1. The lowest BCUT2D eigenvalue weighted by molar-refractivity contribution is -0.167. The Balaban J connectivity index is 3.01. The highest BCUT2D eigenvalue weighted by Crippen LogP contribution is 2.28. The molecular weight excluding hydrogens is 277 g/mol. The highest BCUT2D eigenvalue weighted by Gasteiger charge is 2.39. The van der Waals surface area contributed by atoms with E-state index in [1.807, 2.05) is 0 Å². The number of hydrogen-bond donors (Lipinski definition) is 2. The number of amides is 2. The molecule has 0 bridgehead atoms. The summed E-state index contributed by atoms with van der Waals surface area (Å²) in [5, 5.41) is 4.03. The molecule has 0 aliphatic rings. The Bertz CT molecular complexity index is 518. The lowest BCUT2D eigenvalue weighted by Gasteiger charge is -2.14. The number of halogens is 3. The van der Waals surface area contributed by atoms with Gasteiger partial charge < -0.3 is 15.4 Å². The van der Waals surface area contributed by atoms with Gasteiger partial charge in [0, 0.05) is 12.7 Å². The second-order valence-electron chi connectivity index (χ2n) is 4.02. The third kappa shape index (κ3) is 3.87. The van der Waals surface area contributed by atoms with Gasteiger partial charge in [-0.05, 0) is 37.1 Å². The molecule has 2 N–H and O–H groups in total. The minimum atomic E-state index is -4.96. The maximum Gasteiger partial charge on any atom is 0.471 e. The maximum atomic E-state index is 12.2. The first-order chi connectivity index (χ1) is 9.15. The van der Waals surface area contributed by atoms with Crippen LogP contribution in [0.15, 0.2) is 12.1 Å². The number of hydrogen-bond acceptors (Lipinski definition) is 3. The fraction of sp³-hybridized carbons (Fsp3) is 0.333. The van der Waals surface area contributed by atoms with Gasteiger partial charge in [-0.15, -0.1) is 0 Å². The minimum absolute atomic E-state index is 0.0385. The summed E-state index contributed by atoms with van der Waals surface area (Å²) < 4.78 is 41.5. The van der Waals surface area contributed by atoms with Crippen LogP contribution < -0.4 is 15.4 Å². The van der Waals surface area contributed by atoms with Gasteiger partial charge in [-0.1, -0.05) is 0 Å². The second kappa shape index (κ2) is 5.81. The Morgan fingerprint density at radius 2 is 1.65 bits per heavy atom. The molecule has 20 heavy (non-hydrogen) atoms. The third-order valence-corrected chi connectivity index (χ3v) is 2.42. The van der Waals surface area contributed by atoms with Gasteiger partial charge in [0.1, 0.15) is 5.75 Å². The highest BCUT2D eigenvalue weighted by atomic mass is 19.4. The van der Waals surface area contributed by atoms with Crippen molar-refractivity contribution in [2.75, 3.05) is 12.4 Å². The first-order valence-electron chi connectivity index (χ1n) is 5.54. The molecule has 0 unspecified atom stereocenters. The summed E-state index contributed by atoms with van der Waals surface area (Å²) in [5.74, 6) is -1.88. The molecule has 5 nitrogen and oxygen atoms in total. The van der Waals surface area contributed by atoms with Crippen molar-refractivity contribution < 1.29 is 27.5 Å². The second-order valence-corrected chi connectivity index (χ2v) is 4.02. The summed E-state index contributed by atoms with van der Waals surface area (Å²) >= 11 is 0. The molecule has 0 fully saturated rings. The molecule has 2 amide bonds. The number of rotatable bonds is 2. The molecule has 0 aliphatic carbocycles. The summed E-state index contributed by atoms with van der Waals surface area (Å²) in [6, 6.07) is 2.71. The van der Waals surface area contributed by atoms with Gasteiger partial charge >= 0.3 is 18.2 Å². The van der Waals surface area contributed by atoms with E-state index in [0.29, 0.717) is 11.1 Å². The molecule has 0 saturated heterocycles. The molecule has 0 aromatic heterocycles. The van der Waals surface area contributed by atoms with Crippen molar-refractivity contribution in [3.8, 4) is 5.75 Å². The van der Waals surface area contributed by atoms with Crippen LogP contribution in [-0.2, 0) is 4.79 Å². The Labute approximate surface area is 113 Å². The van der Waals surface area contributed by atoms with E-state index in [-0.39, 0.29) is 11.4 Å². The van der Waals surface area contributed by atoms with Crippen LogP contribution in [0.5, 0.6) is 5.75 Å². The van der Waals surface area contributed by atoms with Crippen LogP contribution in [-0.4, -0.2) is 25.2 Å². The maximum absolute atomic E-state index is 12.2. The smallest absolute Gasteiger partial charge is 0.410 e. The van der Waals surface area contributed by atoms with Crippen LogP contribution in [0.3, 0.4) is 0 Å². The van der Waals surface area contributed by atoms with Crippen LogP contribution in [0, 0.1) is 13.8 Å². The number of carbonyl (C=O) groups is 2. The monoisotopic (exact) mass is 290 g/mol. The Morgan fingerprint density at radius 3 is 2.05 bits per heavy atom. The van der Waals surface area contributed by atoms with Crippen molar-refractivity contribution in [3.63, 3.8) is 0 Å². The van der Waals surface area contributed by atoms with Gasteiger partial charge in [-0.2, -0.15) is 13.2 Å². The lowest BCUT2D eigenvalue weighted by Crippen LogP contribution is -2.30. The van der Waals surface area contributed by atoms with Crippen LogP contribution >= 0.6 is 0 Å². The normalized spacial score (nSPS) is 10.9.